The van der Waals surface area contributed by atoms with E-state index in [1.54, 1.807) is 31.3 Å². The van der Waals surface area contributed by atoms with Crippen molar-refractivity contribution < 1.29 is 14.3 Å². The molecule has 8 nitrogen and oxygen atoms in total. The monoisotopic (exact) mass is 405 g/mol. The number of rotatable bonds is 10. The lowest BCUT2D eigenvalue weighted by atomic mass is 10.0. The molecule has 2 amide bonds. The van der Waals surface area contributed by atoms with Gasteiger partial charge in [-0.2, -0.15) is 10.2 Å². The zero-order valence-corrected chi connectivity index (χ0v) is 16.7. The highest BCUT2D eigenvalue weighted by Crippen LogP contribution is 2.37. The third-order valence-corrected chi connectivity index (χ3v) is 4.64. The van der Waals surface area contributed by atoms with E-state index in [0.29, 0.717) is 43.7 Å². The fourth-order valence-corrected chi connectivity index (χ4v) is 2.81. The van der Waals surface area contributed by atoms with E-state index < -0.39 is 5.66 Å². The van der Waals surface area contributed by atoms with Gasteiger partial charge in [0.15, 0.2) is 5.66 Å². The first-order valence-corrected chi connectivity index (χ1v) is 9.63. The average Bonchev–Trinajstić information content (AvgIpc) is 3.55. The Morgan fingerprint density at radius 2 is 1.90 bits per heavy atom. The highest BCUT2D eigenvalue weighted by Gasteiger charge is 2.39. The first-order valence-electron chi connectivity index (χ1n) is 9.63. The lowest BCUT2D eigenvalue weighted by molar-refractivity contribution is -0.121. The van der Waals surface area contributed by atoms with Gasteiger partial charge < -0.3 is 15.4 Å². The minimum absolute atomic E-state index is 0.0498. The zero-order chi connectivity index (χ0) is 21.4. The summed E-state index contributed by atoms with van der Waals surface area (Å²) in [4.78, 5) is 27.7. The lowest BCUT2D eigenvalue weighted by Gasteiger charge is -2.10. The molecule has 0 radical (unpaired) electrons. The Kier molecular flexibility index (Phi) is 6.75. The molecule has 154 valence electrons. The fraction of sp³-hybridized carbons (Fsp3) is 0.318. The van der Waals surface area contributed by atoms with Crippen molar-refractivity contribution in [3.8, 4) is 23.8 Å². The quantitative estimate of drug-likeness (QED) is 0.592. The summed E-state index contributed by atoms with van der Waals surface area (Å²) in [7, 11) is 1.54. The lowest BCUT2D eigenvalue weighted by Crippen LogP contribution is -2.24. The summed E-state index contributed by atoms with van der Waals surface area (Å²) in [6.45, 7) is 0.417. The molecule has 1 aliphatic heterocycles. The number of hydrogen-bond donors (Lipinski definition) is 2. The molecule has 1 aliphatic rings. The van der Waals surface area contributed by atoms with Crippen LogP contribution in [0, 0.1) is 12.3 Å². The van der Waals surface area contributed by atoms with E-state index in [4.69, 9.17) is 11.2 Å². The molecular weight excluding hydrogens is 382 g/mol. The molecule has 30 heavy (non-hydrogen) atoms. The van der Waals surface area contributed by atoms with Crippen molar-refractivity contribution in [2.75, 3.05) is 7.05 Å². The Balaban J connectivity index is 1.45. The molecule has 0 saturated heterocycles. The number of ether oxygens (including phenoxy) is 1. The van der Waals surface area contributed by atoms with Crippen LogP contribution in [-0.4, -0.2) is 29.5 Å². The Bertz CT molecular complexity index is 973. The van der Waals surface area contributed by atoms with E-state index in [9.17, 15) is 9.59 Å². The van der Waals surface area contributed by atoms with E-state index in [0.717, 1.165) is 5.56 Å². The van der Waals surface area contributed by atoms with Crippen molar-refractivity contribution in [3.63, 3.8) is 0 Å². The number of nitrogens with zero attached hydrogens (tertiary/aromatic N) is 3. The van der Waals surface area contributed by atoms with Gasteiger partial charge in [0.1, 0.15) is 17.2 Å². The van der Waals surface area contributed by atoms with Gasteiger partial charge in [-0.1, -0.05) is 12.1 Å². The third kappa shape index (κ3) is 5.88. The second-order valence-corrected chi connectivity index (χ2v) is 6.87. The molecule has 0 bridgehead atoms. The molecule has 8 heteroatoms. The predicted octanol–water partition coefficient (Wildman–Crippen LogP) is 3.21. The van der Waals surface area contributed by atoms with Gasteiger partial charge in [-0.05, 0) is 23.8 Å². The van der Waals surface area contributed by atoms with Crippen molar-refractivity contribution in [2.45, 2.75) is 37.9 Å². The van der Waals surface area contributed by atoms with E-state index in [1.165, 1.54) is 6.20 Å². The van der Waals surface area contributed by atoms with Crippen LogP contribution in [-0.2, 0) is 11.3 Å². The highest BCUT2D eigenvalue weighted by atomic mass is 16.5. The minimum atomic E-state index is -0.437. The summed E-state index contributed by atoms with van der Waals surface area (Å²) in [5.74, 6) is 3.38. The number of aromatic nitrogens is 1. The summed E-state index contributed by atoms with van der Waals surface area (Å²) in [6.07, 6.45) is 9.02. The second-order valence-electron chi connectivity index (χ2n) is 6.87. The van der Waals surface area contributed by atoms with Crippen molar-refractivity contribution >= 4 is 11.8 Å². The molecule has 0 spiro atoms. The summed E-state index contributed by atoms with van der Waals surface area (Å²) in [5, 5.41) is 13.5. The van der Waals surface area contributed by atoms with Gasteiger partial charge in [-0.3, -0.25) is 14.6 Å². The molecule has 2 heterocycles. The summed E-state index contributed by atoms with van der Waals surface area (Å²) < 4.78 is 5.77. The number of benzene rings is 1. The number of carbonyl (C=O) groups excluding carboxylic acids is 2. The number of pyridine rings is 1. The van der Waals surface area contributed by atoms with Crippen LogP contribution < -0.4 is 15.4 Å². The van der Waals surface area contributed by atoms with Crippen molar-refractivity contribution in [1.82, 2.24) is 15.6 Å². The van der Waals surface area contributed by atoms with Gasteiger partial charge in [0.2, 0.25) is 5.91 Å². The van der Waals surface area contributed by atoms with Gasteiger partial charge in [0.05, 0.1) is 0 Å². The Morgan fingerprint density at radius 1 is 1.13 bits per heavy atom. The molecule has 2 aromatic rings. The maximum Gasteiger partial charge on any atom is 0.269 e. The molecule has 0 saturated carbocycles. The first-order chi connectivity index (χ1) is 14.5. The smallest absolute Gasteiger partial charge is 0.269 e. The van der Waals surface area contributed by atoms with Gasteiger partial charge in [-0.25, -0.2) is 0 Å². The molecule has 1 aromatic carbocycles. The normalized spacial score (nSPS) is 13.2. The molecule has 0 fully saturated rings. The summed E-state index contributed by atoms with van der Waals surface area (Å²) >= 11 is 0. The van der Waals surface area contributed by atoms with Crippen molar-refractivity contribution in [1.29, 1.82) is 0 Å². The van der Waals surface area contributed by atoms with Gasteiger partial charge in [-0.15, -0.1) is 12.3 Å². The second kappa shape index (κ2) is 9.65. The molecule has 2 N–H and O–H groups in total. The standard InChI is InChI=1S/C22H23N5O3/c1-3-4-11-22(26-27-22)12-9-20(28)25-15-16-5-7-17(8-6-16)30-18-10-13-24-19(14-18)21(29)23-2/h1,5-8,10,13-14H,4,9,11-12,15H2,2H3,(H,23,29)(H,25,28). The Labute approximate surface area is 175 Å². The van der Waals surface area contributed by atoms with Gasteiger partial charge in [0.25, 0.3) is 5.91 Å². The van der Waals surface area contributed by atoms with Crippen LogP contribution in [0.15, 0.2) is 52.8 Å². The molecular formula is C22H23N5O3. The van der Waals surface area contributed by atoms with Crippen LogP contribution in [0.4, 0.5) is 0 Å². The topological polar surface area (TPSA) is 105 Å². The molecule has 0 aliphatic carbocycles. The van der Waals surface area contributed by atoms with E-state index in [1.807, 2.05) is 12.1 Å². The van der Waals surface area contributed by atoms with E-state index in [2.05, 4.69) is 31.8 Å². The average molecular weight is 405 g/mol. The minimum Gasteiger partial charge on any atom is -0.457 e. The first kappa shape index (κ1) is 21.0. The number of hydrogen-bond acceptors (Lipinski definition) is 6. The maximum absolute atomic E-state index is 12.1. The SMILES string of the molecule is C#CCCC1(CCC(=O)NCc2ccc(Oc3ccnc(C(=O)NC)c3)cc2)N=N1. The number of amides is 2. The van der Waals surface area contributed by atoms with Crippen molar-refractivity contribution in [3.05, 3.63) is 53.9 Å². The van der Waals surface area contributed by atoms with Crippen LogP contribution in [0.3, 0.4) is 0 Å². The Morgan fingerprint density at radius 3 is 2.57 bits per heavy atom. The molecule has 0 unspecified atom stereocenters. The zero-order valence-electron chi connectivity index (χ0n) is 16.7. The van der Waals surface area contributed by atoms with Crippen LogP contribution in [0.2, 0.25) is 0 Å². The summed E-state index contributed by atoms with van der Waals surface area (Å²) in [5.41, 5.74) is 0.786. The molecule has 0 atom stereocenters. The van der Waals surface area contributed by atoms with Crippen LogP contribution in [0.25, 0.3) is 0 Å². The van der Waals surface area contributed by atoms with Crippen LogP contribution >= 0.6 is 0 Å². The third-order valence-electron chi connectivity index (χ3n) is 4.64. The van der Waals surface area contributed by atoms with Crippen LogP contribution in [0.5, 0.6) is 11.5 Å². The number of terminal acetylenes is 1. The van der Waals surface area contributed by atoms with Crippen molar-refractivity contribution in [2.24, 2.45) is 10.2 Å². The largest absolute Gasteiger partial charge is 0.457 e. The Hall–Kier alpha value is -3.73. The summed E-state index contributed by atoms with van der Waals surface area (Å²) in [6, 6.07) is 10.6. The van der Waals surface area contributed by atoms with E-state index in [-0.39, 0.29) is 17.5 Å². The molecule has 3 rings (SSSR count). The molecule has 1 aromatic heterocycles. The number of nitrogens with one attached hydrogen (secondary N) is 2. The predicted molar refractivity (Wildman–Crippen MR) is 111 cm³/mol. The van der Waals surface area contributed by atoms with Crippen LogP contribution in [0.1, 0.15) is 41.7 Å². The fourth-order valence-electron chi connectivity index (χ4n) is 2.81. The highest BCUT2D eigenvalue weighted by molar-refractivity contribution is 5.92. The maximum atomic E-state index is 12.1. The van der Waals surface area contributed by atoms with Gasteiger partial charge >= 0.3 is 0 Å². The number of carbonyl (C=O) groups is 2. The van der Waals surface area contributed by atoms with Gasteiger partial charge in [0, 0.05) is 51.5 Å². The van der Waals surface area contributed by atoms with E-state index >= 15 is 0 Å².